The molecule has 0 saturated carbocycles. The number of anilines is 1. The highest BCUT2D eigenvalue weighted by Gasteiger charge is 2.26. The molecule has 7 nitrogen and oxygen atoms in total. The van der Waals surface area contributed by atoms with E-state index in [1.54, 1.807) is 11.1 Å². The van der Waals surface area contributed by atoms with Gasteiger partial charge in [0.2, 0.25) is 11.6 Å². The fourth-order valence-electron chi connectivity index (χ4n) is 1.87. The normalized spacial score (nSPS) is 10.4. The summed E-state index contributed by atoms with van der Waals surface area (Å²) in [7, 11) is 1.39. The number of halogens is 1. The predicted molar refractivity (Wildman–Crippen MR) is 81.3 cm³/mol. The third kappa shape index (κ3) is 3.40. The SMILES string of the molecule is CCN(Cc1cnc(Cl)s1)c1nccc(OC)c1[N+](=O)[O-]. The first-order chi connectivity index (χ1) is 10.1. The highest BCUT2D eigenvalue weighted by atomic mass is 35.5. The number of nitro groups is 1. The van der Waals surface area contributed by atoms with Crippen molar-refractivity contribution in [1.29, 1.82) is 0 Å². The van der Waals surface area contributed by atoms with Gasteiger partial charge in [0.1, 0.15) is 0 Å². The zero-order chi connectivity index (χ0) is 15.4. The molecule has 0 radical (unpaired) electrons. The van der Waals surface area contributed by atoms with Crippen molar-refractivity contribution in [3.05, 3.63) is 37.9 Å². The van der Waals surface area contributed by atoms with Crippen LogP contribution in [0.5, 0.6) is 5.75 Å². The summed E-state index contributed by atoms with van der Waals surface area (Å²) in [6.07, 6.45) is 3.14. The minimum Gasteiger partial charge on any atom is -0.490 e. The fourth-order valence-corrected chi connectivity index (χ4v) is 2.87. The van der Waals surface area contributed by atoms with Gasteiger partial charge in [-0.3, -0.25) is 10.1 Å². The molecule has 0 aliphatic carbocycles. The number of nitrogens with zero attached hydrogens (tertiary/aromatic N) is 4. The molecule has 2 heterocycles. The highest BCUT2D eigenvalue weighted by molar-refractivity contribution is 7.15. The second-order valence-corrected chi connectivity index (χ2v) is 5.73. The molecule has 0 aliphatic heterocycles. The van der Waals surface area contributed by atoms with E-state index in [4.69, 9.17) is 16.3 Å². The van der Waals surface area contributed by atoms with E-state index in [-0.39, 0.29) is 17.3 Å². The molecule has 21 heavy (non-hydrogen) atoms. The molecule has 2 aromatic rings. The molecule has 0 aliphatic rings. The second kappa shape index (κ2) is 6.68. The summed E-state index contributed by atoms with van der Waals surface area (Å²) in [5.74, 6) is 0.456. The lowest BCUT2D eigenvalue weighted by molar-refractivity contribution is -0.385. The number of hydrogen-bond acceptors (Lipinski definition) is 7. The van der Waals surface area contributed by atoms with Gasteiger partial charge in [0, 0.05) is 29.9 Å². The van der Waals surface area contributed by atoms with Gasteiger partial charge in [-0.1, -0.05) is 11.6 Å². The van der Waals surface area contributed by atoms with Crippen LogP contribution in [0.15, 0.2) is 18.5 Å². The van der Waals surface area contributed by atoms with Crippen molar-refractivity contribution in [1.82, 2.24) is 9.97 Å². The van der Waals surface area contributed by atoms with E-state index < -0.39 is 4.92 Å². The first-order valence-electron chi connectivity index (χ1n) is 6.09. The first kappa shape index (κ1) is 15.5. The maximum Gasteiger partial charge on any atom is 0.352 e. The fraction of sp³-hybridized carbons (Fsp3) is 0.333. The van der Waals surface area contributed by atoms with Crippen LogP contribution in [0.3, 0.4) is 0 Å². The molecule has 0 saturated heterocycles. The number of thiazole rings is 1. The lowest BCUT2D eigenvalue weighted by Gasteiger charge is -2.21. The monoisotopic (exact) mass is 328 g/mol. The Morgan fingerprint density at radius 1 is 1.52 bits per heavy atom. The number of pyridine rings is 1. The number of ether oxygens (including phenoxy) is 1. The predicted octanol–water partition coefficient (Wildman–Crippen LogP) is 3.13. The summed E-state index contributed by atoms with van der Waals surface area (Å²) in [6, 6.07) is 1.47. The minimum atomic E-state index is -0.483. The maximum atomic E-state index is 11.3. The summed E-state index contributed by atoms with van der Waals surface area (Å²) < 4.78 is 5.50. The second-order valence-electron chi connectivity index (χ2n) is 4.04. The van der Waals surface area contributed by atoms with Crippen LogP contribution in [0.25, 0.3) is 0 Å². The molecule has 0 fully saturated rings. The van der Waals surface area contributed by atoms with Crippen molar-refractivity contribution in [3.63, 3.8) is 0 Å². The molecule has 0 bridgehead atoms. The molecule has 0 unspecified atom stereocenters. The lowest BCUT2D eigenvalue weighted by Crippen LogP contribution is -2.23. The van der Waals surface area contributed by atoms with Gasteiger partial charge in [0.25, 0.3) is 0 Å². The highest BCUT2D eigenvalue weighted by Crippen LogP contribution is 2.35. The van der Waals surface area contributed by atoms with Gasteiger partial charge in [0.05, 0.1) is 18.6 Å². The van der Waals surface area contributed by atoms with Crippen molar-refractivity contribution >= 4 is 34.4 Å². The summed E-state index contributed by atoms with van der Waals surface area (Å²) in [5.41, 5.74) is -0.141. The molecule has 2 rings (SSSR count). The molecule has 0 spiro atoms. The molecule has 2 aromatic heterocycles. The number of aromatic nitrogens is 2. The summed E-state index contributed by atoms with van der Waals surface area (Å²) in [4.78, 5) is 21.6. The molecule has 0 atom stereocenters. The van der Waals surface area contributed by atoms with Gasteiger partial charge in [-0.2, -0.15) is 0 Å². The molecule has 0 N–H and O–H groups in total. The van der Waals surface area contributed by atoms with Gasteiger partial charge < -0.3 is 9.64 Å². The molecular formula is C12H13ClN4O3S. The van der Waals surface area contributed by atoms with E-state index in [0.717, 1.165) is 4.88 Å². The van der Waals surface area contributed by atoms with Crippen LogP contribution < -0.4 is 9.64 Å². The van der Waals surface area contributed by atoms with Gasteiger partial charge in [-0.05, 0) is 6.92 Å². The largest absolute Gasteiger partial charge is 0.490 e. The van der Waals surface area contributed by atoms with Gasteiger partial charge in [0.15, 0.2) is 4.47 Å². The minimum absolute atomic E-state index is 0.141. The van der Waals surface area contributed by atoms with E-state index in [0.29, 0.717) is 17.6 Å². The summed E-state index contributed by atoms with van der Waals surface area (Å²) in [6.45, 7) is 2.89. The van der Waals surface area contributed by atoms with Crippen LogP contribution in [0, 0.1) is 10.1 Å². The van der Waals surface area contributed by atoms with E-state index in [1.807, 2.05) is 6.92 Å². The molecule has 112 valence electrons. The average molecular weight is 329 g/mol. The third-order valence-electron chi connectivity index (χ3n) is 2.82. The zero-order valence-electron chi connectivity index (χ0n) is 11.4. The van der Waals surface area contributed by atoms with Gasteiger partial charge in [-0.25, -0.2) is 9.97 Å². The van der Waals surface area contributed by atoms with E-state index >= 15 is 0 Å². The van der Waals surface area contributed by atoms with Crippen molar-refractivity contribution in [2.45, 2.75) is 13.5 Å². The Hall–Kier alpha value is -1.93. The van der Waals surface area contributed by atoms with Crippen molar-refractivity contribution in [2.24, 2.45) is 0 Å². The third-order valence-corrected chi connectivity index (χ3v) is 3.92. The van der Waals surface area contributed by atoms with Crippen LogP contribution >= 0.6 is 22.9 Å². The number of hydrogen-bond donors (Lipinski definition) is 0. The van der Waals surface area contributed by atoms with E-state index in [9.17, 15) is 10.1 Å². The Balaban J connectivity index is 2.39. The van der Waals surface area contributed by atoms with Crippen LogP contribution in [0.1, 0.15) is 11.8 Å². The number of methoxy groups -OCH3 is 1. The molecule has 0 amide bonds. The Bertz CT molecular complexity index is 649. The Morgan fingerprint density at radius 2 is 2.29 bits per heavy atom. The summed E-state index contributed by atoms with van der Waals surface area (Å²) >= 11 is 7.14. The number of rotatable bonds is 6. The van der Waals surface area contributed by atoms with E-state index in [2.05, 4.69) is 9.97 Å². The van der Waals surface area contributed by atoms with E-state index in [1.165, 1.54) is 30.7 Å². The van der Waals surface area contributed by atoms with Crippen LogP contribution in [-0.2, 0) is 6.54 Å². The average Bonchev–Trinajstić information content (AvgIpc) is 2.89. The zero-order valence-corrected chi connectivity index (χ0v) is 13.0. The lowest BCUT2D eigenvalue weighted by atomic mass is 10.3. The molecule has 9 heteroatoms. The van der Waals surface area contributed by atoms with Crippen LogP contribution in [-0.4, -0.2) is 28.5 Å². The smallest absolute Gasteiger partial charge is 0.352 e. The van der Waals surface area contributed by atoms with Crippen molar-refractivity contribution in [3.8, 4) is 5.75 Å². The molecule has 0 aromatic carbocycles. The van der Waals surface area contributed by atoms with Crippen molar-refractivity contribution < 1.29 is 9.66 Å². The first-order valence-corrected chi connectivity index (χ1v) is 7.28. The van der Waals surface area contributed by atoms with Crippen LogP contribution in [0.4, 0.5) is 11.5 Å². The Morgan fingerprint density at radius 3 is 2.81 bits per heavy atom. The standard InChI is InChI=1S/C12H13ClN4O3S/c1-3-16(7-8-6-15-12(13)21-8)11-10(17(18)19)9(20-2)4-5-14-11/h4-6H,3,7H2,1-2H3. The maximum absolute atomic E-state index is 11.3. The van der Waals surface area contributed by atoms with Crippen molar-refractivity contribution in [2.75, 3.05) is 18.6 Å². The molecular weight excluding hydrogens is 316 g/mol. The quantitative estimate of drug-likeness (QED) is 0.598. The Labute approximate surface area is 130 Å². The topological polar surface area (TPSA) is 81.4 Å². The Kier molecular flexibility index (Phi) is 4.92. The van der Waals surface area contributed by atoms with Crippen LogP contribution in [0.2, 0.25) is 4.47 Å². The van der Waals surface area contributed by atoms with Gasteiger partial charge >= 0.3 is 5.69 Å². The summed E-state index contributed by atoms with van der Waals surface area (Å²) in [5, 5.41) is 11.3. The van der Waals surface area contributed by atoms with Gasteiger partial charge in [-0.15, -0.1) is 11.3 Å².